The second kappa shape index (κ2) is 8.44. The van der Waals surface area contributed by atoms with E-state index in [0.29, 0.717) is 0 Å². The van der Waals surface area contributed by atoms with Crippen molar-refractivity contribution >= 4 is 54.8 Å². The van der Waals surface area contributed by atoms with Gasteiger partial charge < -0.3 is 9.64 Å². The number of benzene rings is 1. The molecule has 2 heterocycles. The molecule has 3 rings (SSSR count). The van der Waals surface area contributed by atoms with Gasteiger partial charge in [0, 0.05) is 26.2 Å². The highest BCUT2D eigenvalue weighted by molar-refractivity contribution is 9.11. The second-order valence-electron chi connectivity index (χ2n) is 5.71. The van der Waals surface area contributed by atoms with Gasteiger partial charge >= 0.3 is 0 Å². The van der Waals surface area contributed by atoms with Gasteiger partial charge in [-0.15, -0.1) is 11.3 Å². The summed E-state index contributed by atoms with van der Waals surface area (Å²) in [5.41, 5.74) is 0. The monoisotopic (exact) mass is 496 g/mol. The van der Waals surface area contributed by atoms with Crippen LogP contribution >= 0.6 is 38.9 Å². The summed E-state index contributed by atoms with van der Waals surface area (Å²) in [5.74, 6) is -0.559. The predicted molar refractivity (Wildman–Crippen MR) is 104 cm³/mol. The summed E-state index contributed by atoms with van der Waals surface area (Å²) >= 11 is 10.3. The first-order valence-electron chi connectivity index (χ1n) is 7.88. The molecule has 0 aliphatic carbocycles. The van der Waals surface area contributed by atoms with Crippen LogP contribution in [0.1, 0.15) is 0 Å². The molecule has 1 aliphatic rings. The van der Waals surface area contributed by atoms with Crippen molar-refractivity contribution in [1.29, 1.82) is 0 Å². The Labute approximate surface area is 173 Å². The normalized spacial score (nSPS) is 15.7. The van der Waals surface area contributed by atoms with Crippen LogP contribution in [0.4, 0.5) is 4.39 Å². The first kappa shape index (κ1) is 20.5. The van der Waals surface area contributed by atoms with Crippen LogP contribution in [-0.4, -0.2) is 56.3 Å². The van der Waals surface area contributed by atoms with E-state index in [9.17, 15) is 17.6 Å². The van der Waals surface area contributed by atoms with Gasteiger partial charge in [0.25, 0.3) is 15.9 Å². The summed E-state index contributed by atoms with van der Waals surface area (Å²) in [5, 5.41) is 0.0841. The molecule has 1 saturated heterocycles. The predicted octanol–water partition coefficient (Wildman–Crippen LogP) is 3.22. The lowest BCUT2D eigenvalue weighted by Crippen LogP contribution is -2.51. The van der Waals surface area contributed by atoms with Crippen molar-refractivity contribution in [3.05, 3.63) is 45.0 Å². The third-order valence-electron chi connectivity index (χ3n) is 3.98. The van der Waals surface area contributed by atoms with Crippen molar-refractivity contribution < 1.29 is 22.3 Å². The number of nitrogens with zero attached hydrogens (tertiary/aromatic N) is 2. The quantitative estimate of drug-likeness (QED) is 0.636. The molecule has 11 heteroatoms. The molecule has 0 atom stereocenters. The number of ether oxygens (including phenoxy) is 1. The average molecular weight is 498 g/mol. The summed E-state index contributed by atoms with van der Waals surface area (Å²) in [4.78, 5) is 13.8. The number of hydrogen-bond donors (Lipinski definition) is 0. The third-order valence-corrected chi connectivity index (χ3v) is 8.26. The Hall–Kier alpha value is -1.20. The summed E-state index contributed by atoms with van der Waals surface area (Å²) in [7, 11) is -3.56. The Morgan fingerprint density at radius 3 is 2.52 bits per heavy atom. The maximum Gasteiger partial charge on any atom is 0.260 e. The van der Waals surface area contributed by atoms with Gasteiger partial charge in [0.2, 0.25) is 0 Å². The molecule has 0 N–H and O–H groups in total. The first-order chi connectivity index (χ1) is 12.8. The van der Waals surface area contributed by atoms with E-state index >= 15 is 0 Å². The topological polar surface area (TPSA) is 66.9 Å². The SMILES string of the molecule is O=C(COc1ccc(F)cc1Cl)N1CCN(S(=O)(=O)c2ccc(Br)s2)CC1. The highest BCUT2D eigenvalue weighted by Gasteiger charge is 2.31. The number of rotatable bonds is 5. The number of carbonyl (C=O) groups is 1. The number of hydrogen-bond acceptors (Lipinski definition) is 5. The van der Waals surface area contributed by atoms with Crippen molar-refractivity contribution in [3.63, 3.8) is 0 Å². The lowest BCUT2D eigenvalue weighted by atomic mass is 10.3. The van der Waals surface area contributed by atoms with Gasteiger partial charge in [-0.3, -0.25) is 4.79 Å². The van der Waals surface area contributed by atoms with Crippen molar-refractivity contribution in [3.8, 4) is 5.75 Å². The van der Waals surface area contributed by atoms with E-state index in [1.807, 2.05) is 0 Å². The number of thiophene rings is 1. The van der Waals surface area contributed by atoms with E-state index in [4.69, 9.17) is 16.3 Å². The third kappa shape index (κ3) is 4.80. The summed E-state index contributed by atoms with van der Waals surface area (Å²) < 4.78 is 45.9. The molecule has 0 unspecified atom stereocenters. The van der Waals surface area contributed by atoms with Gasteiger partial charge in [-0.2, -0.15) is 4.31 Å². The lowest BCUT2D eigenvalue weighted by Gasteiger charge is -2.33. The van der Waals surface area contributed by atoms with E-state index in [0.717, 1.165) is 21.2 Å². The first-order valence-corrected chi connectivity index (χ1v) is 11.3. The fourth-order valence-corrected chi connectivity index (χ4v) is 6.37. The minimum atomic E-state index is -3.56. The Kier molecular flexibility index (Phi) is 6.42. The molecule has 1 aliphatic heterocycles. The standard InChI is InChI=1S/C16H15BrClFN2O4S2/c17-14-3-4-16(26-14)27(23,24)21-7-5-20(6-8-21)15(22)10-25-13-2-1-11(19)9-12(13)18/h1-4,9H,5-8,10H2. The lowest BCUT2D eigenvalue weighted by molar-refractivity contribution is -0.134. The number of halogens is 3. The van der Waals surface area contributed by atoms with Crippen molar-refractivity contribution in [2.45, 2.75) is 4.21 Å². The zero-order valence-electron chi connectivity index (χ0n) is 13.9. The van der Waals surface area contributed by atoms with Gasteiger partial charge in [-0.25, -0.2) is 12.8 Å². The number of sulfonamides is 1. The molecular weight excluding hydrogens is 483 g/mol. The van der Waals surface area contributed by atoms with Crippen LogP contribution in [0.5, 0.6) is 5.75 Å². The summed E-state index contributed by atoms with van der Waals surface area (Å²) in [6, 6.07) is 6.90. The minimum Gasteiger partial charge on any atom is -0.482 e. The largest absolute Gasteiger partial charge is 0.482 e. The molecule has 2 aromatic rings. The van der Waals surface area contributed by atoms with Crippen LogP contribution in [-0.2, 0) is 14.8 Å². The fourth-order valence-electron chi connectivity index (χ4n) is 2.56. The van der Waals surface area contributed by atoms with Crippen LogP contribution in [0.3, 0.4) is 0 Å². The van der Waals surface area contributed by atoms with Gasteiger partial charge in [0.15, 0.2) is 6.61 Å². The molecule has 1 aromatic heterocycles. The van der Waals surface area contributed by atoms with Gasteiger partial charge in [-0.05, 0) is 46.3 Å². The maximum absolute atomic E-state index is 13.0. The molecule has 0 radical (unpaired) electrons. The Balaban J connectivity index is 1.55. The fraction of sp³-hybridized carbons (Fsp3) is 0.312. The molecule has 0 bridgehead atoms. The van der Waals surface area contributed by atoms with Gasteiger partial charge in [0.05, 0.1) is 8.81 Å². The molecular formula is C16H15BrClFN2O4S2. The van der Waals surface area contributed by atoms with Crippen LogP contribution in [0.25, 0.3) is 0 Å². The number of carbonyl (C=O) groups excluding carboxylic acids is 1. The molecule has 1 amide bonds. The van der Waals surface area contributed by atoms with E-state index in [2.05, 4.69) is 15.9 Å². The molecule has 27 heavy (non-hydrogen) atoms. The van der Waals surface area contributed by atoms with E-state index in [-0.39, 0.29) is 53.7 Å². The molecule has 6 nitrogen and oxygen atoms in total. The average Bonchev–Trinajstić information content (AvgIpc) is 3.08. The smallest absolute Gasteiger partial charge is 0.260 e. The van der Waals surface area contributed by atoms with Crippen LogP contribution in [0.15, 0.2) is 38.3 Å². The highest BCUT2D eigenvalue weighted by atomic mass is 79.9. The molecule has 1 aromatic carbocycles. The van der Waals surface area contributed by atoms with Gasteiger partial charge in [-0.1, -0.05) is 11.6 Å². The van der Waals surface area contributed by atoms with E-state index in [1.165, 1.54) is 21.3 Å². The van der Waals surface area contributed by atoms with E-state index in [1.54, 1.807) is 12.1 Å². The maximum atomic E-state index is 13.0. The van der Waals surface area contributed by atoms with Crippen molar-refractivity contribution in [1.82, 2.24) is 9.21 Å². The Morgan fingerprint density at radius 2 is 1.93 bits per heavy atom. The molecule has 146 valence electrons. The van der Waals surface area contributed by atoms with Gasteiger partial charge in [0.1, 0.15) is 15.8 Å². The van der Waals surface area contributed by atoms with Crippen LogP contribution in [0.2, 0.25) is 5.02 Å². The minimum absolute atomic E-state index is 0.0841. The van der Waals surface area contributed by atoms with Crippen molar-refractivity contribution in [2.75, 3.05) is 32.8 Å². The van der Waals surface area contributed by atoms with Crippen LogP contribution < -0.4 is 4.74 Å². The molecule has 1 fully saturated rings. The van der Waals surface area contributed by atoms with Crippen LogP contribution in [0, 0.1) is 5.82 Å². The van der Waals surface area contributed by atoms with Crippen molar-refractivity contribution in [2.24, 2.45) is 0 Å². The Morgan fingerprint density at radius 1 is 1.22 bits per heavy atom. The number of amides is 1. The second-order valence-corrected chi connectivity index (χ2v) is 10.7. The molecule has 0 spiro atoms. The zero-order chi connectivity index (χ0) is 19.6. The van der Waals surface area contributed by atoms with E-state index < -0.39 is 15.8 Å². The number of piperazine rings is 1. The Bertz CT molecular complexity index is 946. The summed E-state index contributed by atoms with van der Waals surface area (Å²) in [6.07, 6.45) is 0. The summed E-state index contributed by atoms with van der Waals surface area (Å²) in [6.45, 7) is 0.702. The zero-order valence-corrected chi connectivity index (χ0v) is 17.9. The molecule has 0 saturated carbocycles. The highest BCUT2D eigenvalue weighted by Crippen LogP contribution is 2.29.